The fraction of sp³-hybridized carbons (Fsp3) is 1.00. The number of sulfonamides is 1. The Kier molecular flexibility index (Phi) is 3.74. The van der Waals surface area contributed by atoms with Crippen LogP contribution in [-0.2, 0) is 10.0 Å². The van der Waals surface area contributed by atoms with Crippen LogP contribution in [-0.4, -0.2) is 31.6 Å². The lowest BCUT2D eigenvalue weighted by atomic mass is 10.0. The average Bonchev–Trinajstić information content (AvgIpc) is 2.54. The quantitative estimate of drug-likeness (QED) is 0.697. The van der Waals surface area contributed by atoms with E-state index in [2.05, 4.69) is 6.92 Å². The zero-order valence-electron chi connectivity index (χ0n) is 8.49. The van der Waals surface area contributed by atoms with Crippen LogP contribution in [0.15, 0.2) is 0 Å². The van der Waals surface area contributed by atoms with Crippen LogP contribution in [0.5, 0.6) is 0 Å². The lowest BCUT2D eigenvalue weighted by molar-refractivity contribution is 0.445. The summed E-state index contributed by atoms with van der Waals surface area (Å²) in [6, 6.07) is 0. The molecule has 1 saturated heterocycles. The topological polar surface area (TPSA) is 37.4 Å². The molecule has 4 heteroatoms. The van der Waals surface area contributed by atoms with Crippen molar-refractivity contribution in [1.29, 1.82) is 0 Å². The van der Waals surface area contributed by atoms with E-state index in [1.165, 1.54) is 0 Å². The first-order chi connectivity index (χ1) is 6.10. The molecule has 0 spiro atoms. The summed E-state index contributed by atoms with van der Waals surface area (Å²) in [5.74, 6) is 0.845. The van der Waals surface area contributed by atoms with Crippen molar-refractivity contribution < 1.29 is 8.42 Å². The normalized spacial score (nSPS) is 25.2. The van der Waals surface area contributed by atoms with E-state index < -0.39 is 10.0 Å². The van der Waals surface area contributed by atoms with Crippen LogP contribution < -0.4 is 0 Å². The SMILES string of the molecule is CCCC1CCN(S(=O)(=O)CC)C1. The van der Waals surface area contributed by atoms with Gasteiger partial charge in [0.15, 0.2) is 0 Å². The summed E-state index contributed by atoms with van der Waals surface area (Å²) in [5, 5.41) is 0. The summed E-state index contributed by atoms with van der Waals surface area (Å²) >= 11 is 0. The zero-order chi connectivity index (χ0) is 9.90. The molecule has 0 bridgehead atoms. The first-order valence-electron chi connectivity index (χ1n) is 5.08. The molecule has 0 saturated carbocycles. The van der Waals surface area contributed by atoms with Crippen molar-refractivity contribution in [2.45, 2.75) is 33.1 Å². The third-order valence-corrected chi connectivity index (χ3v) is 4.55. The minimum Gasteiger partial charge on any atom is -0.212 e. The van der Waals surface area contributed by atoms with Crippen molar-refractivity contribution in [2.24, 2.45) is 5.92 Å². The van der Waals surface area contributed by atoms with E-state index in [9.17, 15) is 8.42 Å². The standard InChI is InChI=1S/C9H19NO2S/c1-3-5-9-6-7-10(8-9)13(11,12)4-2/h9H,3-8H2,1-2H3. The Morgan fingerprint density at radius 1 is 1.38 bits per heavy atom. The van der Waals surface area contributed by atoms with Crippen LogP contribution in [0.3, 0.4) is 0 Å². The molecule has 0 amide bonds. The molecule has 1 aliphatic heterocycles. The number of hydrogen-bond donors (Lipinski definition) is 0. The molecule has 3 nitrogen and oxygen atoms in total. The highest BCUT2D eigenvalue weighted by atomic mass is 32.2. The third kappa shape index (κ3) is 2.68. The van der Waals surface area contributed by atoms with Crippen molar-refractivity contribution in [3.8, 4) is 0 Å². The minimum atomic E-state index is -2.92. The molecule has 1 heterocycles. The molecule has 1 atom stereocenters. The first-order valence-corrected chi connectivity index (χ1v) is 6.69. The summed E-state index contributed by atoms with van der Waals surface area (Å²) in [7, 11) is -2.92. The Balaban J connectivity index is 2.50. The number of hydrogen-bond acceptors (Lipinski definition) is 2. The van der Waals surface area contributed by atoms with Gasteiger partial charge in [-0.25, -0.2) is 12.7 Å². The predicted molar refractivity (Wildman–Crippen MR) is 54.0 cm³/mol. The molecule has 0 radical (unpaired) electrons. The monoisotopic (exact) mass is 205 g/mol. The van der Waals surface area contributed by atoms with Gasteiger partial charge in [0.2, 0.25) is 10.0 Å². The van der Waals surface area contributed by atoms with E-state index in [1.54, 1.807) is 11.2 Å². The maximum absolute atomic E-state index is 11.5. The van der Waals surface area contributed by atoms with Gasteiger partial charge in [-0.05, 0) is 25.7 Å². The van der Waals surface area contributed by atoms with Gasteiger partial charge in [-0.3, -0.25) is 0 Å². The van der Waals surface area contributed by atoms with Gasteiger partial charge >= 0.3 is 0 Å². The first kappa shape index (κ1) is 11.0. The summed E-state index contributed by atoms with van der Waals surface area (Å²) in [6.07, 6.45) is 3.37. The molecular formula is C9H19NO2S. The molecule has 0 N–H and O–H groups in total. The molecule has 0 aromatic heterocycles. The molecule has 0 aromatic rings. The number of nitrogens with zero attached hydrogens (tertiary/aromatic N) is 1. The molecule has 1 rings (SSSR count). The van der Waals surface area contributed by atoms with E-state index in [0.29, 0.717) is 5.92 Å². The lowest BCUT2D eigenvalue weighted by Gasteiger charge is -2.14. The lowest BCUT2D eigenvalue weighted by Crippen LogP contribution is -2.30. The summed E-state index contributed by atoms with van der Waals surface area (Å²) in [6.45, 7) is 5.35. The maximum Gasteiger partial charge on any atom is 0.213 e. The van der Waals surface area contributed by atoms with Gasteiger partial charge in [-0.15, -0.1) is 0 Å². The van der Waals surface area contributed by atoms with E-state index in [-0.39, 0.29) is 5.75 Å². The molecule has 0 aliphatic carbocycles. The largest absolute Gasteiger partial charge is 0.213 e. The van der Waals surface area contributed by atoms with Crippen molar-refractivity contribution in [2.75, 3.05) is 18.8 Å². The van der Waals surface area contributed by atoms with Crippen LogP contribution in [0.25, 0.3) is 0 Å². The molecular weight excluding hydrogens is 186 g/mol. The second-order valence-corrected chi connectivity index (χ2v) is 5.96. The van der Waals surface area contributed by atoms with Gasteiger partial charge in [0, 0.05) is 13.1 Å². The van der Waals surface area contributed by atoms with Crippen molar-refractivity contribution in [3.05, 3.63) is 0 Å². The van der Waals surface area contributed by atoms with E-state index >= 15 is 0 Å². The molecule has 1 aliphatic rings. The van der Waals surface area contributed by atoms with Gasteiger partial charge in [0.05, 0.1) is 5.75 Å². The fourth-order valence-electron chi connectivity index (χ4n) is 1.88. The average molecular weight is 205 g/mol. The summed E-state index contributed by atoms with van der Waals surface area (Å²) < 4.78 is 24.6. The Hall–Kier alpha value is -0.0900. The Labute approximate surface area is 81.2 Å². The highest BCUT2D eigenvalue weighted by Crippen LogP contribution is 2.23. The van der Waals surface area contributed by atoms with Gasteiger partial charge in [0.1, 0.15) is 0 Å². The Bertz CT molecular complexity index is 248. The summed E-state index contributed by atoms with van der Waals surface area (Å²) in [4.78, 5) is 0. The van der Waals surface area contributed by atoms with Crippen LogP contribution in [0, 0.1) is 5.92 Å². The van der Waals surface area contributed by atoms with Crippen LogP contribution in [0.2, 0.25) is 0 Å². The molecule has 1 unspecified atom stereocenters. The molecule has 0 aromatic carbocycles. The molecule has 13 heavy (non-hydrogen) atoms. The van der Waals surface area contributed by atoms with E-state index in [0.717, 1.165) is 32.4 Å². The smallest absolute Gasteiger partial charge is 0.212 e. The van der Waals surface area contributed by atoms with Crippen molar-refractivity contribution in [3.63, 3.8) is 0 Å². The van der Waals surface area contributed by atoms with Crippen LogP contribution in [0.1, 0.15) is 33.1 Å². The maximum atomic E-state index is 11.5. The second-order valence-electron chi connectivity index (χ2n) is 3.70. The second kappa shape index (κ2) is 4.42. The zero-order valence-corrected chi connectivity index (χ0v) is 9.31. The molecule has 78 valence electrons. The van der Waals surface area contributed by atoms with Gasteiger partial charge in [-0.2, -0.15) is 0 Å². The van der Waals surface area contributed by atoms with Crippen LogP contribution in [0.4, 0.5) is 0 Å². The van der Waals surface area contributed by atoms with Gasteiger partial charge in [0.25, 0.3) is 0 Å². The predicted octanol–water partition coefficient (Wildman–Crippen LogP) is 1.46. The van der Waals surface area contributed by atoms with Gasteiger partial charge in [-0.1, -0.05) is 13.3 Å². The van der Waals surface area contributed by atoms with Crippen LogP contribution >= 0.6 is 0 Å². The Morgan fingerprint density at radius 2 is 2.08 bits per heavy atom. The van der Waals surface area contributed by atoms with Crippen molar-refractivity contribution >= 4 is 10.0 Å². The minimum absolute atomic E-state index is 0.242. The van der Waals surface area contributed by atoms with E-state index in [4.69, 9.17) is 0 Å². The highest BCUT2D eigenvalue weighted by molar-refractivity contribution is 7.89. The van der Waals surface area contributed by atoms with Gasteiger partial charge < -0.3 is 0 Å². The number of rotatable bonds is 4. The van der Waals surface area contributed by atoms with Crippen molar-refractivity contribution in [1.82, 2.24) is 4.31 Å². The molecule has 1 fully saturated rings. The third-order valence-electron chi connectivity index (χ3n) is 2.70. The summed E-state index contributed by atoms with van der Waals surface area (Å²) in [5.41, 5.74) is 0. The van der Waals surface area contributed by atoms with E-state index in [1.807, 2.05) is 0 Å². The Morgan fingerprint density at radius 3 is 2.62 bits per heavy atom. The highest BCUT2D eigenvalue weighted by Gasteiger charge is 2.29. The fourth-order valence-corrected chi connectivity index (χ4v) is 3.06.